The van der Waals surface area contributed by atoms with Crippen molar-refractivity contribution in [2.45, 2.75) is 39.3 Å². The average Bonchev–Trinajstić information content (AvgIpc) is 2.74. The summed E-state index contributed by atoms with van der Waals surface area (Å²) in [7, 11) is 0. The minimum atomic E-state index is 0.0208. The highest BCUT2D eigenvalue weighted by molar-refractivity contribution is 5.81. The molecule has 0 spiro atoms. The highest BCUT2D eigenvalue weighted by Gasteiger charge is 2.24. The van der Waals surface area contributed by atoms with E-state index in [4.69, 9.17) is 4.98 Å². The lowest BCUT2D eigenvalue weighted by Crippen LogP contribution is -2.39. The van der Waals surface area contributed by atoms with Gasteiger partial charge in [0.2, 0.25) is 5.95 Å². The number of hydrogen-bond donors (Lipinski definition) is 1. The highest BCUT2D eigenvalue weighted by atomic mass is 16.1. The molecule has 0 aliphatic carbocycles. The Morgan fingerprint density at radius 2 is 2.10 bits per heavy atom. The van der Waals surface area contributed by atoms with E-state index in [1.54, 1.807) is 0 Å². The van der Waals surface area contributed by atoms with Crippen LogP contribution in [-0.2, 0) is 19.5 Å². The van der Waals surface area contributed by atoms with Gasteiger partial charge in [-0.15, -0.1) is 0 Å². The summed E-state index contributed by atoms with van der Waals surface area (Å²) in [5.74, 6) is 1.41. The third-order valence-electron chi connectivity index (χ3n) is 6.23. The molecule has 0 amide bonds. The molecule has 150 valence electrons. The third-order valence-corrected chi connectivity index (χ3v) is 6.23. The van der Waals surface area contributed by atoms with Gasteiger partial charge in [-0.2, -0.15) is 0 Å². The first-order chi connectivity index (χ1) is 14.2. The molecule has 1 atom stereocenters. The van der Waals surface area contributed by atoms with Crippen molar-refractivity contribution in [1.29, 1.82) is 0 Å². The van der Waals surface area contributed by atoms with Gasteiger partial charge in [0.05, 0.1) is 16.8 Å². The summed E-state index contributed by atoms with van der Waals surface area (Å²) in [6.45, 7) is 6.59. The number of aromatic nitrogens is 3. The third kappa shape index (κ3) is 3.65. The number of H-pyrrole nitrogens is 1. The van der Waals surface area contributed by atoms with E-state index in [0.29, 0.717) is 12.5 Å². The molecular weight excluding hydrogens is 362 g/mol. The Kier molecular flexibility index (Phi) is 4.79. The Bertz CT molecular complexity index is 1090. The molecule has 29 heavy (non-hydrogen) atoms. The molecule has 1 fully saturated rings. The first kappa shape index (κ1) is 18.3. The quantitative estimate of drug-likeness (QED) is 0.746. The van der Waals surface area contributed by atoms with Crippen LogP contribution in [0.1, 0.15) is 36.6 Å². The van der Waals surface area contributed by atoms with E-state index in [9.17, 15) is 4.79 Å². The second-order valence-electron chi connectivity index (χ2n) is 8.46. The van der Waals surface area contributed by atoms with Crippen LogP contribution >= 0.6 is 0 Å². The number of aromatic amines is 1. The molecule has 1 saturated heterocycles. The van der Waals surface area contributed by atoms with Crippen LogP contribution in [0.4, 0.5) is 5.95 Å². The Hall–Kier alpha value is -2.73. The van der Waals surface area contributed by atoms with Gasteiger partial charge in [0.25, 0.3) is 5.56 Å². The van der Waals surface area contributed by atoms with Crippen LogP contribution in [-0.4, -0.2) is 39.5 Å². The fraction of sp³-hybridized carbons (Fsp3) is 0.435. The Morgan fingerprint density at radius 1 is 1.21 bits per heavy atom. The molecule has 0 unspecified atom stereocenters. The molecule has 5 rings (SSSR count). The average molecular weight is 390 g/mol. The van der Waals surface area contributed by atoms with E-state index in [1.807, 2.05) is 18.3 Å². The number of nitrogens with one attached hydrogen (secondary N) is 1. The molecule has 2 aliphatic rings. The van der Waals surface area contributed by atoms with Gasteiger partial charge in [-0.05, 0) is 36.5 Å². The maximum atomic E-state index is 12.9. The van der Waals surface area contributed by atoms with Gasteiger partial charge in [0.15, 0.2) is 0 Å². The molecule has 2 aliphatic heterocycles. The van der Waals surface area contributed by atoms with Crippen LogP contribution in [0.2, 0.25) is 0 Å². The lowest BCUT2D eigenvalue weighted by molar-refractivity contribution is 0.242. The molecule has 2 aromatic heterocycles. The van der Waals surface area contributed by atoms with Crippen LogP contribution in [0.15, 0.2) is 41.3 Å². The number of pyridine rings is 1. The van der Waals surface area contributed by atoms with Gasteiger partial charge in [-0.25, -0.2) is 4.98 Å². The Morgan fingerprint density at radius 3 is 3.00 bits per heavy atom. The van der Waals surface area contributed by atoms with Crippen molar-refractivity contribution < 1.29 is 0 Å². The lowest BCUT2D eigenvalue weighted by Gasteiger charge is -2.33. The molecule has 0 saturated carbocycles. The number of para-hydroxylation sites is 1. The molecule has 6 heteroatoms. The molecule has 4 heterocycles. The molecule has 6 nitrogen and oxygen atoms in total. The Labute approximate surface area is 170 Å². The number of anilines is 1. The topological polar surface area (TPSA) is 65.1 Å². The molecule has 0 bridgehead atoms. The first-order valence-corrected chi connectivity index (χ1v) is 10.6. The second-order valence-corrected chi connectivity index (χ2v) is 8.46. The fourth-order valence-corrected chi connectivity index (χ4v) is 4.67. The van der Waals surface area contributed by atoms with E-state index < -0.39 is 0 Å². The van der Waals surface area contributed by atoms with Crippen molar-refractivity contribution >= 4 is 16.9 Å². The monoisotopic (exact) mass is 389 g/mol. The second kappa shape index (κ2) is 7.59. The van der Waals surface area contributed by atoms with Crippen LogP contribution < -0.4 is 10.5 Å². The number of benzene rings is 1. The summed E-state index contributed by atoms with van der Waals surface area (Å²) >= 11 is 0. The smallest absolute Gasteiger partial charge is 0.257 e. The van der Waals surface area contributed by atoms with Gasteiger partial charge in [0, 0.05) is 50.7 Å². The zero-order valence-electron chi connectivity index (χ0n) is 16.9. The van der Waals surface area contributed by atoms with Gasteiger partial charge >= 0.3 is 0 Å². The maximum Gasteiger partial charge on any atom is 0.257 e. The first-order valence-electron chi connectivity index (χ1n) is 10.6. The highest BCUT2D eigenvalue weighted by Crippen LogP contribution is 2.24. The molecule has 3 aromatic rings. The molecule has 1 aromatic carbocycles. The van der Waals surface area contributed by atoms with Crippen molar-refractivity contribution in [3.05, 3.63) is 63.7 Å². The van der Waals surface area contributed by atoms with Gasteiger partial charge in [-0.1, -0.05) is 25.1 Å². The van der Waals surface area contributed by atoms with Crippen LogP contribution in [0, 0.1) is 5.92 Å². The predicted octanol–water partition coefficient (Wildman–Crippen LogP) is 3.11. The summed E-state index contributed by atoms with van der Waals surface area (Å²) in [6, 6.07) is 10.3. The molecule has 0 radical (unpaired) electrons. The minimum Gasteiger partial charge on any atom is -0.342 e. The zero-order chi connectivity index (χ0) is 19.8. The van der Waals surface area contributed by atoms with Crippen molar-refractivity contribution in [3.63, 3.8) is 0 Å². The number of piperidine rings is 1. The SMILES string of the molecule is C[C@@H]1CCCN(c2nc3c(c(=O)[nH]2)CN(Cc2ccnc4ccccc24)CC3)C1. The van der Waals surface area contributed by atoms with Crippen molar-refractivity contribution in [2.75, 3.05) is 24.5 Å². The van der Waals surface area contributed by atoms with Crippen molar-refractivity contribution in [2.24, 2.45) is 5.92 Å². The molecular formula is C23H27N5O. The van der Waals surface area contributed by atoms with E-state index in [-0.39, 0.29) is 5.56 Å². The van der Waals surface area contributed by atoms with Crippen LogP contribution in [0.3, 0.4) is 0 Å². The van der Waals surface area contributed by atoms with Gasteiger partial charge in [-0.3, -0.25) is 19.7 Å². The standard InChI is InChI=1S/C23H27N5O/c1-16-5-4-11-28(13-16)23-25-21-9-12-27(15-19(21)22(29)26-23)14-17-8-10-24-20-7-3-2-6-18(17)20/h2-3,6-8,10,16H,4-5,9,11-15H2,1H3,(H,25,26,29)/t16-/m1/s1. The number of fused-ring (bicyclic) bond motifs is 2. The number of hydrogen-bond acceptors (Lipinski definition) is 5. The van der Waals surface area contributed by atoms with Crippen LogP contribution in [0.5, 0.6) is 0 Å². The summed E-state index contributed by atoms with van der Waals surface area (Å²) in [5.41, 5.74) is 4.08. The van der Waals surface area contributed by atoms with E-state index >= 15 is 0 Å². The van der Waals surface area contributed by atoms with Gasteiger partial charge in [0.1, 0.15) is 0 Å². The van der Waals surface area contributed by atoms with E-state index in [1.165, 1.54) is 17.4 Å². The number of rotatable bonds is 3. The summed E-state index contributed by atoms with van der Waals surface area (Å²) in [6.07, 6.45) is 5.11. The van der Waals surface area contributed by atoms with E-state index in [2.05, 4.69) is 44.9 Å². The predicted molar refractivity (Wildman–Crippen MR) is 115 cm³/mol. The lowest BCUT2D eigenvalue weighted by atomic mass is 10.0. The van der Waals surface area contributed by atoms with Crippen molar-refractivity contribution in [1.82, 2.24) is 19.9 Å². The Balaban J connectivity index is 1.38. The van der Waals surface area contributed by atoms with Crippen molar-refractivity contribution in [3.8, 4) is 0 Å². The minimum absolute atomic E-state index is 0.0208. The summed E-state index contributed by atoms with van der Waals surface area (Å²) in [4.78, 5) is 29.8. The van der Waals surface area contributed by atoms with E-state index in [0.717, 1.165) is 61.7 Å². The largest absolute Gasteiger partial charge is 0.342 e. The van der Waals surface area contributed by atoms with Gasteiger partial charge < -0.3 is 4.90 Å². The van der Waals surface area contributed by atoms with Crippen LogP contribution in [0.25, 0.3) is 10.9 Å². The number of nitrogens with zero attached hydrogens (tertiary/aromatic N) is 4. The zero-order valence-corrected chi connectivity index (χ0v) is 16.9. The fourth-order valence-electron chi connectivity index (χ4n) is 4.67. The molecule has 1 N–H and O–H groups in total. The maximum absolute atomic E-state index is 12.9. The summed E-state index contributed by atoms with van der Waals surface area (Å²) in [5, 5.41) is 1.18. The summed E-state index contributed by atoms with van der Waals surface area (Å²) < 4.78 is 0. The normalized spacial score (nSPS) is 20.0.